The maximum atomic E-state index is 13.3. The molecule has 0 spiro atoms. The van der Waals surface area contributed by atoms with E-state index >= 15 is 0 Å². The summed E-state index contributed by atoms with van der Waals surface area (Å²) in [6.45, 7) is 0. The molecule has 2 heterocycles. The third-order valence-electron chi connectivity index (χ3n) is 3.74. The van der Waals surface area contributed by atoms with Gasteiger partial charge < -0.3 is 10.4 Å². The van der Waals surface area contributed by atoms with E-state index in [0.29, 0.717) is 15.3 Å². The van der Waals surface area contributed by atoms with Crippen LogP contribution in [-0.4, -0.2) is 27.0 Å². The zero-order chi connectivity index (χ0) is 16.8. The zero-order valence-corrected chi connectivity index (χ0v) is 12.3. The molecule has 0 aliphatic carbocycles. The Morgan fingerprint density at radius 3 is 2.57 bits per heavy atom. The molecule has 0 radical (unpaired) electrons. The van der Waals surface area contributed by atoms with E-state index in [4.69, 9.17) is 16.7 Å². The molecule has 9 heteroatoms. The van der Waals surface area contributed by atoms with Gasteiger partial charge >= 0.3 is 12.1 Å². The van der Waals surface area contributed by atoms with Crippen molar-refractivity contribution in [3.63, 3.8) is 0 Å². The predicted octanol–water partition coefficient (Wildman–Crippen LogP) is 3.90. The molecule has 2 aromatic rings. The van der Waals surface area contributed by atoms with Gasteiger partial charge in [0, 0.05) is 11.4 Å². The fraction of sp³-hybridized carbons (Fsp3) is 0.286. The quantitative estimate of drug-likeness (QED) is 0.866. The van der Waals surface area contributed by atoms with Gasteiger partial charge in [0.1, 0.15) is 11.4 Å². The Morgan fingerprint density at radius 1 is 1.35 bits per heavy atom. The van der Waals surface area contributed by atoms with Crippen molar-refractivity contribution < 1.29 is 23.1 Å². The molecule has 1 aromatic heterocycles. The SMILES string of the molecule is O=C(O)c1cnn2c1N[C@H](c1ccc(Cl)cc1)C[C@H]2C(F)(F)F. The molecule has 0 bridgehead atoms. The van der Waals surface area contributed by atoms with Crippen LogP contribution in [-0.2, 0) is 0 Å². The van der Waals surface area contributed by atoms with Crippen molar-refractivity contribution in [1.29, 1.82) is 0 Å². The summed E-state index contributed by atoms with van der Waals surface area (Å²) in [5.41, 5.74) is 0.297. The minimum absolute atomic E-state index is 0.147. The topological polar surface area (TPSA) is 67.1 Å². The van der Waals surface area contributed by atoms with Gasteiger partial charge in [-0.1, -0.05) is 23.7 Å². The fourth-order valence-corrected chi connectivity index (χ4v) is 2.76. The van der Waals surface area contributed by atoms with E-state index in [9.17, 15) is 18.0 Å². The van der Waals surface area contributed by atoms with Crippen LogP contribution in [0.3, 0.4) is 0 Å². The Bertz CT molecular complexity index is 743. The highest BCUT2D eigenvalue weighted by Crippen LogP contribution is 2.44. The third-order valence-corrected chi connectivity index (χ3v) is 3.99. The van der Waals surface area contributed by atoms with Crippen LogP contribution in [0.5, 0.6) is 0 Å². The molecule has 2 atom stereocenters. The average Bonchev–Trinajstić information content (AvgIpc) is 2.89. The van der Waals surface area contributed by atoms with Crippen molar-refractivity contribution >= 4 is 23.4 Å². The Kier molecular flexibility index (Phi) is 3.71. The molecule has 3 rings (SSSR count). The maximum Gasteiger partial charge on any atom is 0.410 e. The van der Waals surface area contributed by atoms with Gasteiger partial charge in [-0.3, -0.25) is 0 Å². The molecule has 5 nitrogen and oxygen atoms in total. The van der Waals surface area contributed by atoms with Gasteiger partial charge in [-0.2, -0.15) is 18.3 Å². The predicted molar refractivity (Wildman–Crippen MR) is 76.7 cm³/mol. The first kappa shape index (κ1) is 15.7. The van der Waals surface area contributed by atoms with Crippen molar-refractivity contribution in [2.24, 2.45) is 0 Å². The fourth-order valence-electron chi connectivity index (χ4n) is 2.63. The number of benzene rings is 1. The van der Waals surface area contributed by atoms with E-state index in [1.54, 1.807) is 24.3 Å². The van der Waals surface area contributed by atoms with Crippen LogP contribution >= 0.6 is 11.6 Å². The molecule has 1 aliphatic heterocycles. The van der Waals surface area contributed by atoms with E-state index in [-0.39, 0.29) is 17.8 Å². The Labute approximate surface area is 133 Å². The van der Waals surface area contributed by atoms with Gasteiger partial charge in [0.2, 0.25) is 0 Å². The van der Waals surface area contributed by atoms with E-state index in [0.717, 1.165) is 6.20 Å². The lowest BCUT2D eigenvalue weighted by molar-refractivity contribution is -0.173. The molecule has 1 aliphatic rings. The summed E-state index contributed by atoms with van der Waals surface area (Å²) < 4.78 is 40.7. The van der Waals surface area contributed by atoms with E-state index in [1.165, 1.54) is 0 Å². The number of rotatable bonds is 2. The second-order valence-corrected chi connectivity index (χ2v) is 5.63. The summed E-state index contributed by atoms with van der Waals surface area (Å²) in [6, 6.07) is 3.78. The number of anilines is 1. The Balaban J connectivity index is 2.05. The number of carboxylic acid groups (broad SMARTS) is 1. The van der Waals surface area contributed by atoms with Gasteiger partial charge in [-0.25, -0.2) is 9.48 Å². The van der Waals surface area contributed by atoms with Crippen molar-refractivity contribution in [1.82, 2.24) is 9.78 Å². The van der Waals surface area contributed by atoms with Crippen LogP contribution in [0.1, 0.15) is 34.4 Å². The second kappa shape index (κ2) is 5.45. The van der Waals surface area contributed by atoms with Gasteiger partial charge in [0.15, 0.2) is 6.04 Å². The number of fused-ring (bicyclic) bond motifs is 1. The molecule has 122 valence electrons. The Hall–Kier alpha value is -2.22. The number of hydrogen-bond acceptors (Lipinski definition) is 3. The number of hydrogen-bond donors (Lipinski definition) is 2. The number of carboxylic acids is 1. The van der Waals surface area contributed by atoms with Gasteiger partial charge in [-0.15, -0.1) is 0 Å². The monoisotopic (exact) mass is 345 g/mol. The maximum absolute atomic E-state index is 13.3. The molecule has 1 aromatic carbocycles. The number of halogens is 4. The van der Waals surface area contributed by atoms with Crippen molar-refractivity contribution in [2.75, 3.05) is 5.32 Å². The van der Waals surface area contributed by atoms with Gasteiger partial charge in [-0.05, 0) is 17.7 Å². The van der Waals surface area contributed by atoms with Gasteiger partial charge in [0.05, 0.1) is 12.2 Å². The summed E-state index contributed by atoms with van der Waals surface area (Å²) in [5.74, 6) is -1.48. The summed E-state index contributed by atoms with van der Waals surface area (Å²) in [4.78, 5) is 11.2. The van der Waals surface area contributed by atoms with Crippen molar-refractivity contribution in [3.05, 3.63) is 46.6 Å². The summed E-state index contributed by atoms with van der Waals surface area (Å²) >= 11 is 5.79. The molecular weight excluding hydrogens is 335 g/mol. The average molecular weight is 346 g/mol. The van der Waals surface area contributed by atoms with Gasteiger partial charge in [0.25, 0.3) is 0 Å². The van der Waals surface area contributed by atoms with E-state index < -0.39 is 24.2 Å². The van der Waals surface area contributed by atoms with Crippen LogP contribution in [0.2, 0.25) is 5.02 Å². The highest BCUT2D eigenvalue weighted by Gasteiger charge is 2.47. The molecule has 0 amide bonds. The molecule has 0 saturated heterocycles. The number of aromatic nitrogens is 2. The second-order valence-electron chi connectivity index (χ2n) is 5.20. The minimum Gasteiger partial charge on any atom is -0.477 e. The normalized spacial score (nSPS) is 20.7. The van der Waals surface area contributed by atoms with Crippen LogP contribution in [0.15, 0.2) is 30.5 Å². The molecule has 0 unspecified atom stereocenters. The standard InChI is InChI=1S/C14H11ClF3N3O2/c15-8-3-1-7(2-4-8)10-5-11(14(16,17)18)21-12(20-10)9(6-19-21)13(22)23/h1-4,6,10-11,20H,5H2,(H,22,23)/t10-,11-/m0/s1. The van der Waals surface area contributed by atoms with Crippen molar-refractivity contribution in [3.8, 4) is 0 Å². The number of carbonyl (C=O) groups is 1. The zero-order valence-electron chi connectivity index (χ0n) is 11.5. The molecular formula is C14H11ClF3N3O2. The first-order chi connectivity index (χ1) is 10.8. The van der Waals surface area contributed by atoms with Crippen LogP contribution < -0.4 is 5.32 Å². The lowest BCUT2D eigenvalue weighted by Gasteiger charge is -2.33. The summed E-state index contributed by atoms with van der Waals surface area (Å²) in [5, 5.41) is 16.0. The van der Waals surface area contributed by atoms with Crippen LogP contribution in [0.4, 0.5) is 19.0 Å². The van der Waals surface area contributed by atoms with Crippen molar-refractivity contribution in [2.45, 2.75) is 24.7 Å². The molecule has 0 saturated carbocycles. The lowest BCUT2D eigenvalue weighted by atomic mass is 9.96. The smallest absolute Gasteiger partial charge is 0.410 e. The highest BCUT2D eigenvalue weighted by atomic mass is 35.5. The van der Waals surface area contributed by atoms with Crippen LogP contribution in [0, 0.1) is 0 Å². The first-order valence-corrected chi connectivity index (χ1v) is 7.04. The number of alkyl halides is 3. The van der Waals surface area contributed by atoms with E-state index in [1.807, 2.05) is 0 Å². The highest BCUT2D eigenvalue weighted by molar-refractivity contribution is 6.30. The number of aromatic carboxylic acids is 1. The first-order valence-electron chi connectivity index (χ1n) is 6.67. The molecule has 2 N–H and O–H groups in total. The number of nitrogens with one attached hydrogen (secondary N) is 1. The lowest BCUT2D eigenvalue weighted by Crippen LogP contribution is -2.36. The summed E-state index contributed by atoms with van der Waals surface area (Å²) in [7, 11) is 0. The van der Waals surface area contributed by atoms with Crippen LogP contribution in [0.25, 0.3) is 0 Å². The number of nitrogens with zero attached hydrogens (tertiary/aromatic N) is 2. The van der Waals surface area contributed by atoms with E-state index in [2.05, 4.69) is 10.4 Å². The largest absolute Gasteiger partial charge is 0.477 e. The molecule has 0 fully saturated rings. The Morgan fingerprint density at radius 2 is 2.00 bits per heavy atom. The third kappa shape index (κ3) is 2.86. The minimum atomic E-state index is -4.54. The summed E-state index contributed by atoms with van der Waals surface area (Å²) in [6.07, 6.45) is -3.91. The molecule has 23 heavy (non-hydrogen) atoms.